The number of ether oxygens (including phenoxy) is 1. The van der Waals surface area contributed by atoms with Gasteiger partial charge >= 0.3 is 0 Å². The van der Waals surface area contributed by atoms with Gasteiger partial charge in [0.25, 0.3) is 0 Å². The van der Waals surface area contributed by atoms with Gasteiger partial charge in [-0.15, -0.1) is 0 Å². The molecule has 1 aromatic carbocycles. The van der Waals surface area contributed by atoms with Gasteiger partial charge < -0.3 is 4.74 Å². The van der Waals surface area contributed by atoms with Crippen LogP contribution in [0.3, 0.4) is 0 Å². The van der Waals surface area contributed by atoms with Gasteiger partial charge in [0.15, 0.2) is 5.78 Å². The van der Waals surface area contributed by atoms with Crippen LogP contribution in [0, 0.1) is 11.8 Å². The summed E-state index contributed by atoms with van der Waals surface area (Å²) in [7, 11) is 1.57. The molecule has 88 valence electrons. The molecule has 0 bridgehead atoms. The molecule has 0 atom stereocenters. The number of allylic oxidation sites excluding steroid dienone is 5. The quantitative estimate of drug-likeness (QED) is 0.553. The summed E-state index contributed by atoms with van der Waals surface area (Å²) in [5, 5.41) is 0. The molecule has 0 aromatic heterocycles. The lowest BCUT2D eigenvalue weighted by molar-refractivity contribution is -0.111. The van der Waals surface area contributed by atoms with E-state index in [-0.39, 0.29) is 5.78 Å². The molecule has 0 radical (unpaired) electrons. The Labute approximate surface area is 106 Å². The van der Waals surface area contributed by atoms with Crippen LogP contribution in [-0.2, 0) is 9.53 Å². The molecule has 1 aliphatic rings. The van der Waals surface area contributed by atoms with Crippen LogP contribution in [0.15, 0.2) is 66.0 Å². The minimum absolute atomic E-state index is 0.0573. The molecule has 0 aliphatic heterocycles. The van der Waals surface area contributed by atoms with E-state index in [1.807, 2.05) is 30.3 Å². The maximum Gasteiger partial charge on any atom is 0.186 e. The van der Waals surface area contributed by atoms with Crippen molar-refractivity contribution in [3.8, 4) is 11.8 Å². The van der Waals surface area contributed by atoms with Crippen molar-refractivity contribution >= 4 is 5.78 Å². The molecule has 1 aromatic rings. The van der Waals surface area contributed by atoms with Crippen LogP contribution in [0.2, 0.25) is 0 Å². The van der Waals surface area contributed by atoms with E-state index in [9.17, 15) is 4.79 Å². The summed E-state index contributed by atoms with van der Waals surface area (Å²) < 4.78 is 5.07. The molecule has 0 saturated carbocycles. The smallest absolute Gasteiger partial charge is 0.186 e. The number of carbonyl (C=O) groups excluding carboxylic acids is 1. The minimum atomic E-state index is -0.0573. The first-order valence-corrected chi connectivity index (χ1v) is 5.54. The fourth-order valence-electron chi connectivity index (χ4n) is 1.48. The van der Waals surface area contributed by atoms with Crippen LogP contribution in [0.5, 0.6) is 0 Å². The average Bonchev–Trinajstić information content (AvgIpc) is 2.42. The highest BCUT2D eigenvalue weighted by atomic mass is 16.5. The largest absolute Gasteiger partial charge is 0.497 e. The number of hydrogen-bond donors (Lipinski definition) is 0. The molecular formula is C16H12O2. The van der Waals surface area contributed by atoms with Crippen molar-refractivity contribution < 1.29 is 9.53 Å². The van der Waals surface area contributed by atoms with E-state index in [0.717, 1.165) is 5.56 Å². The maximum atomic E-state index is 11.6. The Bertz CT molecular complexity index is 593. The fraction of sp³-hybridized carbons (Fsp3) is 0.0625. The Hall–Kier alpha value is -2.53. The van der Waals surface area contributed by atoms with E-state index in [1.54, 1.807) is 25.3 Å². The van der Waals surface area contributed by atoms with Gasteiger partial charge in [0, 0.05) is 11.1 Å². The van der Waals surface area contributed by atoms with Crippen molar-refractivity contribution in [2.75, 3.05) is 7.11 Å². The van der Waals surface area contributed by atoms with Crippen LogP contribution >= 0.6 is 0 Å². The summed E-state index contributed by atoms with van der Waals surface area (Å²) in [5.41, 5.74) is 1.46. The molecule has 0 N–H and O–H groups in total. The molecule has 0 amide bonds. The standard InChI is InChI=1S/C16H12O2/c1-18-15-10-11-16(17)14(12-15)9-5-8-13-6-3-2-4-7-13/h2-4,6-7,9-12H,1H3/b14-9+. The normalized spacial score (nSPS) is 15.9. The second kappa shape index (κ2) is 5.70. The minimum Gasteiger partial charge on any atom is -0.497 e. The van der Waals surface area contributed by atoms with Crippen LogP contribution in [-0.4, -0.2) is 12.9 Å². The van der Waals surface area contributed by atoms with Gasteiger partial charge in [-0.3, -0.25) is 4.79 Å². The average molecular weight is 236 g/mol. The van der Waals surface area contributed by atoms with Crippen LogP contribution in [0.25, 0.3) is 0 Å². The molecular weight excluding hydrogens is 224 g/mol. The van der Waals surface area contributed by atoms with Gasteiger partial charge in [0.05, 0.1) is 7.11 Å². The van der Waals surface area contributed by atoms with Crippen LogP contribution in [0.1, 0.15) is 5.56 Å². The molecule has 2 heteroatoms. The summed E-state index contributed by atoms with van der Waals surface area (Å²) in [4.78, 5) is 11.6. The second-order valence-electron chi connectivity index (χ2n) is 3.68. The van der Waals surface area contributed by atoms with Crippen molar-refractivity contribution in [3.63, 3.8) is 0 Å². The summed E-state index contributed by atoms with van der Waals surface area (Å²) in [5.74, 6) is 6.45. The first kappa shape index (κ1) is 11.9. The highest BCUT2D eigenvalue weighted by Gasteiger charge is 2.09. The van der Waals surface area contributed by atoms with Gasteiger partial charge in [0.2, 0.25) is 0 Å². The van der Waals surface area contributed by atoms with Gasteiger partial charge in [-0.1, -0.05) is 30.0 Å². The maximum absolute atomic E-state index is 11.6. The monoisotopic (exact) mass is 236 g/mol. The van der Waals surface area contributed by atoms with Crippen molar-refractivity contribution in [1.82, 2.24) is 0 Å². The Morgan fingerprint density at radius 3 is 2.67 bits per heavy atom. The predicted molar refractivity (Wildman–Crippen MR) is 70.6 cm³/mol. The number of methoxy groups -OCH3 is 1. The zero-order chi connectivity index (χ0) is 12.8. The summed E-state index contributed by atoms with van der Waals surface area (Å²) >= 11 is 0. The van der Waals surface area contributed by atoms with E-state index < -0.39 is 0 Å². The van der Waals surface area contributed by atoms with Crippen LogP contribution < -0.4 is 0 Å². The fourth-order valence-corrected chi connectivity index (χ4v) is 1.48. The van der Waals surface area contributed by atoms with Crippen molar-refractivity contribution in [2.45, 2.75) is 0 Å². The molecule has 18 heavy (non-hydrogen) atoms. The number of hydrogen-bond acceptors (Lipinski definition) is 2. The van der Waals surface area contributed by atoms with Crippen molar-refractivity contribution in [3.05, 3.63) is 71.5 Å². The third-order valence-electron chi connectivity index (χ3n) is 2.43. The van der Waals surface area contributed by atoms with Gasteiger partial charge in [0.1, 0.15) is 5.76 Å². The molecule has 1 aliphatic carbocycles. The van der Waals surface area contributed by atoms with E-state index >= 15 is 0 Å². The third kappa shape index (κ3) is 2.99. The lowest BCUT2D eigenvalue weighted by Crippen LogP contribution is -2.02. The number of ketones is 1. The summed E-state index contributed by atoms with van der Waals surface area (Å²) in [6.45, 7) is 0. The van der Waals surface area contributed by atoms with E-state index in [1.165, 1.54) is 6.08 Å². The Balaban J connectivity index is 2.20. The second-order valence-corrected chi connectivity index (χ2v) is 3.68. The zero-order valence-electron chi connectivity index (χ0n) is 10.0. The highest BCUT2D eigenvalue weighted by molar-refractivity contribution is 6.07. The Morgan fingerprint density at radius 2 is 1.94 bits per heavy atom. The topological polar surface area (TPSA) is 26.3 Å². The number of benzene rings is 1. The van der Waals surface area contributed by atoms with Gasteiger partial charge in [-0.25, -0.2) is 0 Å². The lowest BCUT2D eigenvalue weighted by atomic mass is 10.1. The van der Waals surface area contributed by atoms with E-state index in [4.69, 9.17) is 4.74 Å². The number of carbonyl (C=O) groups is 1. The summed E-state index contributed by atoms with van der Waals surface area (Å²) in [6.07, 6.45) is 6.42. The molecule has 0 spiro atoms. The Kier molecular flexibility index (Phi) is 3.78. The lowest BCUT2D eigenvalue weighted by Gasteiger charge is -2.05. The predicted octanol–water partition coefficient (Wildman–Crippen LogP) is 2.63. The molecule has 0 unspecified atom stereocenters. The van der Waals surface area contributed by atoms with E-state index in [0.29, 0.717) is 11.3 Å². The van der Waals surface area contributed by atoms with Crippen molar-refractivity contribution in [1.29, 1.82) is 0 Å². The Morgan fingerprint density at radius 1 is 1.17 bits per heavy atom. The molecule has 0 heterocycles. The van der Waals surface area contributed by atoms with Crippen molar-refractivity contribution in [2.24, 2.45) is 0 Å². The first-order valence-electron chi connectivity index (χ1n) is 5.54. The SMILES string of the molecule is COC1=C/C(=C\C#Cc2ccccc2)C(=O)C=C1. The zero-order valence-corrected chi connectivity index (χ0v) is 10.0. The molecule has 0 saturated heterocycles. The molecule has 2 nitrogen and oxygen atoms in total. The first-order chi connectivity index (χ1) is 8.79. The van der Waals surface area contributed by atoms with Crippen LogP contribution in [0.4, 0.5) is 0 Å². The van der Waals surface area contributed by atoms with Gasteiger partial charge in [-0.05, 0) is 36.4 Å². The summed E-state index contributed by atoms with van der Waals surface area (Å²) in [6, 6.07) is 9.63. The molecule has 2 rings (SSSR count). The number of rotatable bonds is 1. The molecule has 0 fully saturated rings. The van der Waals surface area contributed by atoms with Gasteiger partial charge in [-0.2, -0.15) is 0 Å². The van der Waals surface area contributed by atoms with E-state index in [2.05, 4.69) is 11.8 Å². The third-order valence-corrected chi connectivity index (χ3v) is 2.43. The highest BCUT2D eigenvalue weighted by Crippen LogP contribution is 2.12.